The first kappa shape index (κ1) is 20.3. The van der Waals surface area contributed by atoms with E-state index in [4.69, 9.17) is 9.47 Å². The lowest BCUT2D eigenvalue weighted by Crippen LogP contribution is -2.21. The number of hydrogen-bond acceptors (Lipinski definition) is 4. The van der Waals surface area contributed by atoms with E-state index in [-0.39, 0.29) is 18.3 Å². The Kier molecular flexibility index (Phi) is 5.80. The van der Waals surface area contributed by atoms with Crippen molar-refractivity contribution in [3.05, 3.63) is 95.3 Å². The van der Waals surface area contributed by atoms with E-state index >= 15 is 0 Å². The minimum Gasteiger partial charge on any atom is -0.493 e. The highest BCUT2D eigenvalue weighted by Crippen LogP contribution is 2.31. The quantitative estimate of drug-likeness (QED) is 0.518. The number of methoxy groups -OCH3 is 1. The average Bonchev–Trinajstić information content (AvgIpc) is 3.08. The summed E-state index contributed by atoms with van der Waals surface area (Å²) in [7, 11) is 1.53. The first-order valence-electron chi connectivity index (χ1n) is 9.78. The van der Waals surface area contributed by atoms with Gasteiger partial charge in [0.1, 0.15) is 12.4 Å². The normalized spacial score (nSPS) is 14.7. The number of ether oxygens (including phenoxy) is 2. The molecule has 6 heteroatoms. The molecular weight excluding hydrogens is 395 g/mol. The van der Waals surface area contributed by atoms with Crippen molar-refractivity contribution in [2.75, 3.05) is 12.1 Å². The minimum absolute atomic E-state index is 0.0831. The Morgan fingerprint density at radius 3 is 2.48 bits per heavy atom. The van der Waals surface area contributed by atoms with Crippen molar-refractivity contribution in [2.45, 2.75) is 13.5 Å². The van der Waals surface area contributed by atoms with Gasteiger partial charge in [-0.3, -0.25) is 4.79 Å². The van der Waals surface area contributed by atoms with E-state index in [1.807, 2.05) is 36.4 Å². The van der Waals surface area contributed by atoms with Gasteiger partial charge in [-0.2, -0.15) is 10.1 Å². The van der Waals surface area contributed by atoms with Crippen LogP contribution in [0.2, 0.25) is 0 Å². The summed E-state index contributed by atoms with van der Waals surface area (Å²) in [6.45, 7) is 1.88. The van der Waals surface area contributed by atoms with Crippen LogP contribution in [-0.4, -0.2) is 18.7 Å². The fourth-order valence-electron chi connectivity index (χ4n) is 3.26. The zero-order chi connectivity index (χ0) is 21.8. The average molecular weight is 416 g/mol. The second kappa shape index (κ2) is 8.83. The molecule has 0 unspecified atom stereocenters. The monoisotopic (exact) mass is 416 g/mol. The van der Waals surface area contributed by atoms with Crippen LogP contribution >= 0.6 is 0 Å². The van der Waals surface area contributed by atoms with Crippen LogP contribution in [0, 0.1) is 5.82 Å². The molecule has 3 aromatic carbocycles. The largest absolute Gasteiger partial charge is 0.493 e. The molecule has 0 atom stereocenters. The zero-order valence-electron chi connectivity index (χ0n) is 17.2. The maximum atomic E-state index is 13.8. The molecule has 1 aliphatic heterocycles. The van der Waals surface area contributed by atoms with Gasteiger partial charge in [0, 0.05) is 5.56 Å². The van der Waals surface area contributed by atoms with Crippen molar-refractivity contribution in [2.24, 2.45) is 5.10 Å². The third-order valence-electron chi connectivity index (χ3n) is 4.90. The number of nitrogens with zero attached hydrogens (tertiary/aromatic N) is 2. The van der Waals surface area contributed by atoms with Gasteiger partial charge in [0.2, 0.25) is 0 Å². The van der Waals surface area contributed by atoms with E-state index in [1.54, 1.807) is 43.3 Å². The number of para-hydroxylation sites is 1. The second-order valence-corrected chi connectivity index (χ2v) is 6.99. The molecule has 0 saturated carbocycles. The molecule has 156 valence electrons. The van der Waals surface area contributed by atoms with Gasteiger partial charge in [-0.1, -0.05) is 42.5 Å². The maximum absolute atomic E-state index is 13.8. The lowest BCUT2D eigenvalue weighted by molar-refractivity contribution is -0.114. The standard InChI is InChI=1S/C25H21FN2O3/c1-17-21(25(29)28(27-17)20-9-4-3-5-10-20)14-18-12-13-23(24(15-18)30-2)31-16-19-8-6-7-11-22(19)26/h3-15H,16H2,1-2H3/b21-14+. The lowest BCUT2D eigenvalue weighted by atomic mass is 10.1. The van der Waals surface area contributed by atoms with Gasteiger partial charge < -0.3 is 9.47 Å². The summed E-state index contributed by atoms with van der Waals surface area (Å²) in [5, 5.41) is 5.78. The molecule has 1 amide bonds. The van der Waals surface area contributed by atoms with Crippen LogP contribution in [0.15, 0.2) is 83.5 Å². The number of benzene rings is 3. The number of anilines is 1. The fourth-order valence-corrected chi connectivity index (χ4v) is 3.26. The Hall–Kier alpha value is -3.93. The minimum atomic E-state index is -0.319. The van der Waals surface area contributed by atoms with E-state index < -0.39 is 0 Å². The molecule has 0 spiro atoms. The molecule has 0 aliphatic carbocycles. The second-order valence-electron chi connectivity index (χ2n) is 6.99. The predicted molar refractivity (Wildman–Crippen MR) is 119 cm³/mol. The Morgan fingerprint density at radius 1 is 1.00 bits per heavy atom. The number of hydrogen-bond donors (Lipinski definition) is 0. The molecule has 0 saturated heterocycles. The molecule has 31 heavy (non-hydrogen) atoms. The highest BCUT2D eigenvalue weighted by molar-refractivity contribution is 6.32. The summed E-state index contributed by atoms with van der Waals surface area (Å²) in [6, 6.07) is 21.1. The zero-order valence-corrected chi connectivity index (χ0v) is 17.2. The molecule has 0 radical (unpaired) electrons. The Labute approximate surface area is 180 Å². The summed E-state index contributed by atoms with van der Waals surface area (Å²) >= 11 is 0. The van der Waals surface area contributed by atoms with Gasteiger partial charge in [-0.15, -0.1) is 0 Å². The SMILES string of the molecule is COc1cc(/C=C2/C(=O)N(c3ccccc3)N=C2C)ccc1OCc1ccccc1F. The van der Waals surface area contributed by atoms with Crippen molar-refractivity contribution < 1.29 is 18.7 Å². The molecular formula is C25H21FN2O3. The van der Waals surface area contributed by atoms with Gasteiger partial charge in [-0.05, 0) is 48.9 Å². The van der Waals surface area contributed by atoms with E-state index in [0.717, 1.165) is 5.56 Å². The van der Waals surface area contributed by atoms with Crippen LogP contribution < -0.4 is 14.5 Å². The van der Waals surface area contributed by atoms with Crippen LogP contribution in [0.5, 0.6) is 11.5 Å². The third kappa shape index (κ3) is 4.33. The molecule has 1 heterocycles. The topological polar surface area (TPSA) is 51.1 Å². The lowest BCUT2D eigenvalue weighted by Gasteiger charge is -2.12. The predicted octanol–water partition coefficient (Wildman–Crippen LogP) is 5.22. The molecule has 0 aromatic heterocycles. The Morgan fingerprint density at radius 2 is 1.74 bits per heavy atom. The van der Waals surface area contributed by atoms with Crippen molar-refractivity contribution in [1.29, 1.82) is 0 Å². The van der Waals surface area contributed by atoms with E-state index in [0.29, 0.717) is 34.0 Å². The third-order valence-corrected chi connectivity index (χ3v) is 4.90. The summed E-state index contributed by atoms with van der Waals surface area (Å²) in [5.41, 5.74) is 3.08. The van der Waals surface area contributed by atoms with Gasteiger partial charge in [0.05, 0.1) is 24.1 Å². The number of halogens is 1. The maximum Gasteiger partial charge on any atom is 0.280 e. The van der Waals surface area contributed by atoms with Crippen molar-refractivity contribution in [1.82, 2.24) is 0 Å². The molecule has 3 aromatic rings. The fraction of sp³-hybridized carbons (Fsp3) is 0.120. The summed E-state index contributed by atoms with van der Waals surface area (Å²) in [5.74, 6) is 0.468. The molecule has 5 nitrogen and oxygen atoms in total. The first-order chi connectivity index (χ1) is 15.1. The smallest absolute Gasteiger partial charge is 0.280 e. The Balaban J connectivity index is 1.55. The van der Waals surface area contributed by atoms with Crippen molar-refractivity contribution in [3.8, 4) is 11.5 Å². The van der Waals surface area contributed by atoms with Crippen molar-refractivity contribution >= 4 is 23.4 Å². The van der Waals surface area contributed by atoms with Crippen LogP contribution in [0.1, 0.15) is 18.1 Å². The molecule has 1 aliphatic rings. The molecule has 0 bridgehead atoms. The number of carbonyl (C=O) groups is 1. The van der Waals surface area contributed by atoms with Crippen LogP contribution in [0.25, 0.3) is 6.08 Å². The molecule has 4 rings (SSSR count). The van der Waals surface area contributed by atoms with Crippen LogP contribution in [0.4, 0.5) is 10.1 Å². The first-order valence-corrected chi connectivity index (χ1v) is 9.78. The van der Waals surface area contributed by atoms with Gasteiger partial charge in [-0.25, -0.2) is 4.39 Å². The number of amides is 1. The highest BCUT2D eigenvalue weighted by Gasteiger charge is 2.28. The number of hydrazone groups is 1. The summed E-state index contributed by atoms with van der Waals surface area (Å²) in [4.78, 5) is 12.9. The Bertz CT molecular complexity index is 1170. The van der Waals surface area contributed by atoms with Crippen LogP contribution in [0.3, 0.4) is 0 Å². The van der Waals surface area contributed by atoms with Gasteiger partial charge in [0.25, 0.3) is 5.91 Å². The van der Waals surface area contributed by atoms with E-state index in [1.165, 1.54) is 18.2 Å². The van der Waals surface area contributed by atoms with Crippen LogP contribution in [-0.2, 0) is 11.4 Å². The molecule has 0 fully saturated rings. The van der Waals surface area contributed by atoms with Gasteiger partial charge in [0.15, 0.2) is 11.5 Å². The molecule has 0 N–H and O–H groups in total. The van der Waals surface area contributed by atoms with Crippen molar-refractivity contribution in [3.63, 3.8) is 0 Å². The number of carbonyl (C=O) groups excluding carboxylic acids is 1. The summed E-state index contributed by atoms with van der Waals surface area (Å²) < 4.78 is 25.0. The van der Waals surface area contributed by atoms with E-state index in [9.17, 15) is 9.18 Å². The summed E-state index contributed by atoms with van der Waals surface area (Å²) in [6.07, 6.45) is 1.77. The van der Waals surface area contributed by atoms with Gasteiger partial charge >= 0.3 is 0 Å². The van der Waals surface area contributed by atoms with E-state index in [2.05, 4.69) is 5.10 Å². The highest BCUT2D eigenvalue weighted by atomic mass is 19.1. The number of rotatable bonds is 6.